The number of aromatic carboxylic acids is 1. The van der Waals surface area contributed by atoms with Crippen molar-refractivity contribution in [1.29, 1.82) is 0 Å². The Kier molecular flexibility index (Phi) is 5.99. The third kappa shape index (κ3) is 5.28. The van der Waals surface area contributed by atoms with E-state index in [4.69, 9.17) is 5.11 Å². The Bertz CT molecular complexity index is 850. The Morgan fingerprint density at radius 1 is 0.889 bits per heavy atom. The zero-order valence-corrected chi connectivity index (χ0v) is 14.9. The minimum absolute atomic E-state index is 0.00455. The number of hydrogen-bond donors (Lipinski definition) is 1. The Balaban J connectivity index is 1.68. The molecule has 0 spiro atoms. The molecule has 6 nitrogen and oxygen atoms in total. The second-order valence-corrected chi connectivity index (χ2v) is 6.24. The van der Waals surface area contributed by atoms with Gasteiger partial charge in [-0.3, -0.25) is 9.48 Å². The minimum atomic E-state index is -1.07. The number of hydrogen-bond acceptors (Lipinski definition) is 3. The Morgan fingerprint density at radius 2 is 1.44 bits per heavy atom. The van der Waals surface area contributed by atoms with Crippen molar-refractivity contribution in [1.82, 2.24) is 14.7 Å². The first kappa shape index (κ1) is 18.4. The number of benzene rings is 2. The standard InChI is InChI=1S/C21H21N3O3/c25-20(12-14-24-13-11-19(22-24)21(26)27)23(15-17-7-3-1-4-8-17)16-18-9-5-2-6-10-18/h1-11,13H,12,14-16H2,(H,26,27). The molecule has 0 radical (unpaired) electrons. The van der Waals surface area contributed by atoms with E-state index in [-0.39, 0.29) is 18.0 Å². The molecule has 1 heterocycles. The molecule has 0 unspecified atom stereocenters. The van der Waals surface area contributed by atoms with Gasteiger partial charge in [-0.05, 0) is 17.2 Å². The second-order valence-electron chi connectivity index (χ2n) is 6.24. The van der Waals surface area contributed by atoms with Crippen molar-refractivity contribution in [3.8, 4) is 0 Å². The monoisotopic (exact) mass is 363 g/mol. The maximum absolute atomic E-state index is 12.8. The molecule has 0 fully saturated rings. The first-order chi connectivity index (χ1) is 13.1. The molecular weight excluding hydrogens is 342 g/mol. The molecule has 0 bridgehead atoms. The zero-order chi connectivity index (χ0) is 19.1. The molecule has 1 N–H and O–H groups in total. The zero-order valence-electron chi connectivity index (χ0n) is 14.9. The molecule has 0 aliphatic heterocycles. The molecule has 0 aliphatic carbocycles. The summed E-state index contributed by atoms with van der Waals surface area (Å²) in [5, 5.41) is 12.9. The Hall–Kier alpha value is -3.41. The maximum atomic E-state index is 12.8. The van der Waals surface area contributed by atoms with Crippen molar-refractivity contribution in [3.05, 3.63) is 89.7 Å². The summed E-state index contributed by atoms with van der Waals surface area (Å²) in [6, 6.07) is 21.1. The van der Waals surface area contributed by atoms with E-state index in [0.29, 0.717) is 19.6 Å². The number of carboxylic acids is 1. The van der Waals surface area contributed by atoms with E-state index in [1.54, 1.807) is 6.20 Å². The molecule has 0 saturated carbocycles. The fourth-order valence-corrected chi connectivity index (χ4v) is 2.81. The number of aromatic nitrogens is 2. The van der Waals surface area contributed by atoms with Crippen molar-refractivity contribution in [2.75, 3.05) is 0 Å². The van der Waals surface area contributed by atoms with Gasteiger partial charge < -0.3 is 10.0 Å². The van der Waals surface area contributed by atoms with E-state index < -0.39 is 5.97 Å². The number of rotatable bonds is 8. The van der Waals surface area contributed by atoms with Crippen LogP contribution in [0.3, 0.4) is 0 Å². The molecule has 0 atom stereocenters. The van der Waals surface area contributed by atoms with Crippen LogP contribution in [0.25, 0.3) is 0 Å². The lowest BCUT2D eigenvalue weighted by Crippen LogP contribution is -2.30. The second kappa shape index (κ2) is 8.80. The van der Waals surface area contributed by atoms with Crippen molar-refractivity contribution < 1.29 is 14.7 Å². The van der Waals surface area contributed by atoms with Crippen molar-refractivity contribution in [3.63, 3.8) is 0 Å². The van der Waals surface area contributed by atoms with E-state index in [0.717, 1.165) is 11.1 Å². The molecule has 6 heteroatoms. The van der Waals surface area contributed by atoms with E-state index in [9.17, 15) is 9.59 Å². The molecule has 3 aromatic rings. The smallest absolute Gasteiger partial charge is 0.356 e. The van der Waals surface area contributed by atoms with Crippen LogP contribution in [0.2, 0.25) is 0 Å². The van der Waals surface area contributed by atoms with Gasteiger partial charge in [0.05, 0.1) is 0 Å². The first-order valence-corrected chi connectivity index (χ1v) is 8.74. The van der Waals surface area contributed by atoms with Crippen LogP contribution in [0.4, 0.5) is 0 Å². The number of carboxylic acid groups (broad SMARTS) is 1. The summed E-state index contributed by atoms with van der Waals surface area (Å²) < 4.78 is 1.49. The van der Waals surface area contributed by atoms with Gasteiger partial charge >= 0.3 is 5.97 Å². The number of aryl methyl sites for hydroxylation is 1. The molecule has 1 amide bonds. The van der Waals surface area contributed by atoms with Crippen LogP contribution < -0.4 is 0 Å². The van der Waals surface area contributed by atoms with Crippen molar-refractivity contribution in [2.45, 2.75) is 26.1 Å². The summed E-state index contributed by atoms with van der Waals surface area (Å²) in [7, 11) is 0. The Morgan fingerprint density at radius 3 is 1.93 bits per heavy atom. The van der Waals surface area contributed by atoms with Crippen LogP contribution in [-0.2, 0) is 24.4 Å². The summed E-state index contributed by atoms with van der Waals surface area (Å²) in [6.45, 7) is 1.38. The van der Waals surface area contributed by atoms with Gasteiger partial charge in [0.25, 0.3) is 0 Å². The van der Waals surface area contributed by atoms with Crippen LogP contribution in [-0.4, -0.2) is 31.7 Å². The van der Waals surface area contributed by atoms with Crippen LogP contribution >= 0.6 is 0 Å². The lowest BCUT2D eigenvalue weighted by atomic mass is 10.1. The molecule has 0 saturated heterocycles. The molecule has 3 rings (SSSR count). The molecule has 0 aliphatic rings. The number of carbonyl (C=O) groups excluding carboxylic acids is 1. The van der Waals surface area contributed by atoms with E-state index in [1.165, 1.54) is 10.7 Å². The molecule has 138 valence electrons. The molecular formula is C21H21N3O3. The van der Waals surface area contributed by atoms with Gasteiger partial charge in [-0.15, -0.1) is 0 Å². The highest BCUT2D eigenvalue weighted by Gasteiger charge is 2.15. The van der Waals surface area contributed by atoms with E-state index in [1.807, 2.05) is 65.6 Å². The first-order valence-electron chi connectivity index (χ1n) is 8.74. The largest absolute Gasteiger partial charge is 0.476 e. The predicted molar refractivity (Wildman–Crippen MR) is 101 cm³/mol. The van der Waals surface area contributed by atoms with Gasteiger partial charge in [0.2, 0.25) is 5.91 Å². The van der Waals surface area contributed by atoms with Crippen LogP contribution in [0.5, 0.6) is 0 Å². The lowest BCUT2D eigenvalue weighted by molar-refractivity contribution is -0.132. The van der Waals surface area contributed by atoms with Crippen LogP contribution in [0.1, 0.15) is 28.0 Å². The topological polar surface area (TPSA) is 75.4 Å². The highest BCUT2D eigenvalue weighted by Crippen LogP contribution is 2.12. The van der Waals surface area contributed by atoms with Gasteiger partial charge in [0.1, 0.15) is 0 Å². The third-order valence-corrected chi connectivity index (χ3v) is 4.20. The SMILES string of the molecule is O=C(O)c1ccn(CCC(=O)N(Cc2ccccc2)Cc2ccccc2)n1. The highest BCUT2D eigenvalue weighted by molar-refractivity contribution is 5.85. The van der Waals surface area contributed by atoms with Gasteiger partial charge in [-0.25, -0.2) is 4.79 Å². The van der Waals surface area contributed by atoms with E-state index in [2.05, 4.69) is 5.10 Å². The summed E-state index contributed by atoms with van der Waals surface area (Å²) in [6.07, 6.45) is 1.83. The van der Waals surface area contributed by atoms with Crippen molar-refractivity contribution >= 4 is 11.9 Å². The predicted octanol–water partition coefficient (Wildman–Crippen LogP) is 3.20. The molecule has 27 heavy (non-hydrogen) atoms. The maximum Gasteiger partial charge on any atom is 0.356 e. The third-order valence-electron chi connectivity index (χ3n) is 4.20. The van der Waals surface area contributed by atoms with Gasteiger partial charge in [0, 0.05) is 32.3 Å². The van der Waals surface area contributed by atoms with Gasteiger partial charge in [-0.2, -0.15) is 5.10 Å². The number of nitrogens with zero attached hydrogens (tertiary/aromatic N) is 3. The highest BCUT2D eigenvalue weighted by atomic mass is 16.4. The Labute approximate surface area is 157 Å². The van der Waals surface area contributed by atoms with E-state index >= 15 is 0 Å². The minimum Gasteiger partial charge on any atom is -0.476 e. The average molecular weight is 363 g/mol. The van der Waals surface area contributed by atoms with Crippen LogP contribution in [0.15, 0.2) is 72.9 Å². The fourth-order valence-electron chi connectivity index (χ4n) is 2.81. The lowest BCUT2D eigenvalue weighted by Gasteiger charge is -2.23. The molecule has 1 aromatic heterocycles. The quantitative estimate of drug-likeness (QED) is 0.667. The fraction of sp³-hybridized carbons (Fsp3) is 0.190. The summed E-state index contributed by atoms with van der Waals surface area (Å²) in [5.41, 5.74) is 2.11. The normalized spacial score (nSPS) is 10.5. The number of carbonyl (C=O) groups is 2. The summed E-state index contributed by atoms with van der Waals surface area (Å²) >= 11 is 0. The van der Waals surface area contributed by atoms with Crippen molar-refractivity contribution in [2.24, 2.45) is 0 Å². The summed E-state index contributed by atoms with van der Waals surface area (Å²) in [5.74, 6) is -1.08. The van der Waals surface area contributed by atoms with Gasteiger partial charge in [0.15, 0.2) is 5.69 Å². The van der Waals surface area contributed by atoms with Crippen LogP contribution in [0, 0.1) is 0 Å². The van der Waals surface area contributed by atoms with Gasteiger partial charge in [-0.1, -0.05) is 60.7 Å². The number of amides is 1. The average Bonchev–Trinajstić information content (AvgIpc) is 3.17. The molecule has 2 aromatic carbocycles. The summed E-state index contributed by atoms with van der Waals surface area (Å²) in [4.78, 5) is 25.6.